The zero-order valence-corrected chi connectivity index (χ0v) is 19.6. The van der Waals surface area contributed by atoms with E-state index in [-0.39, 0.29) is 28.9 Å². The number of hydrogen-bond acceptors (Lipinski definition) is 6. The molecule has 1 aromatic heterocycles. The highest BCUT2D eigenvalue weighted by Gasteiger charge is 2.23. The van der Waals surface area contributed by atoms with E-state index in [0.29, 0.717) is 6.54 Å². The number of nitrogens with one attached hydrogen (secondary N) is 1. The molecule has 0 fully saturated rings. The molecule has 1 N–H and O–H groups in total. The van der Waals surface area contributed by atoms with Gasteiger partial charge in [-0.2, -0.15) is 4.31 Å². The summed E-state index contributed by atoms with van der Waals surface area (Å²) >= 11 is 0. The lowest BCUT2D eigenvalue weighted by Crippen LogP contribution is -2.30. The number of amides is 1. The van der Waals surface area contributed by atoms with Crippen molar-refractivity contribution < 1.29 is 17.6 Å². The average Bonchev–Trinajstić information content (AvgIpc) is 3.32. The molecule has 9 heteroatoms. The maximum Gasteiger partial charge on any atom is 0.322 e. The maximum atomic E-state index is 13.1. The Kier molecular flexibility index (Phi) is 6.85. The standard InChI is InChI=1S/C25H24N4O4S/c1-3-29(17-19-7-5-4-6-8-19)34(31,32)22-15-13-20(14-16-22)23(30)26-25-28-27-24(33-25)21-11-9-18(2)10-12-21/h4-16H,3,17H2,1-2H3,(H,26,28,30). The number of sulfonamides is 1. The first-order valence-corrected chi connectivity index (χ1v) is 12.2. The number of nitrogens with zero attached hydrogens (tertiary/aromatic N) is 3. The summed E-state index contributed by atoms with van der Waals surface area (Å²) < 4.78 is 33.1. The minimum atomic E-state index is -3.72. The Hall–Kier alpha value is -3.82. The van der Waals surface area contributed by atoms with Crippen LogP contribution in [-0.4, -0.2) is 35.4 Å². The highest BCUT2D eigenvalue weighted by atomic mass is 32.2. The second-order valence-electron chi connectivity index (χ2n) is 7.67. The molecule has 0 bridgehead atoms. The van der Waals surface area contributed by atoms with Gasteiger partial charge in [-0.1, -0.05) is 60.1 Å². The largest absolute Gasteiger partial charge is 0.403 e. The fourth-order valence-electron chi connectivity index (χ4n) is 3.34. The first-order chi connectivity index (χ1) is 16.4. The van der Waals surface area contributed by atoms with Gasteiger partial charge in [0.2, 0.25) is 15.9 Å². The predicted octanol–water partition coefficient (Wildman–Crippen LogP) is 4.51. The molecule has 4 rings (SSSR count). The smallest absolute Gasteiger partial charge is 0.322 e. The molecule has 1 amide bonds. The van der Waals surface area contributed by atoms with Crippen molar-refractivity contribution >= 4 is 21.9 Å². The first-order valence-electron chi connectivity index (χ1n) is 10.7. The van der Waals surface area contributed by atoms with E-state index in [4.69, 9.17) is 4.42 Å². The fraction of sp³-hybridized carbons (Fsp3) is 0.160. The van der Waals surface area contributed by atoms with E-state index in [1.165, 1.54) is 28.6 Å². The Bertz CT molecular complexity index is 1370. The number of benzene rings is 3. The molecule has 4 aromatic rings. The second kappa shape index (κ2) is 9.98. The number of carbonyl (C=O) groups is 1. The molecule has 0 saturated carbocycles. The molecular weight excluding hydrogens is 452 g/mol. The van der Waals surface area contributed by atoms with Crippen molar-refractivity contribution in [1.82, 2.24) is 14.5 Å². The molecule has 174 valence electrons. The summed E-state index contributed by atoms with van der Waals surface area (Å²) in [4.78, 5) is 12.7. The van der Waals surface area contributed by atoms with Crippen molar-refractivity contribution in [3.8, 4) is 11.5 Å². The summed E-state index contributed by atoms with van der Waals surface area (Å²) in [5.74, 6) is -0.200. The van der Waals surface area contributed by atoms with Gasteiger partial charge >= 0.3 is 6.01 Å². The van der Waals surface area contributed by atoms with E-state index < -0.39 is 15.9 Å². The van der Waals surface area contributed by atoms with Gasteiger partial charge in [0.25, 0.3) is 5.91 Å². The SMILES string of the molecule is CCN(Cc1ccccc1)S(=O)(=O)c1ccc(C(=O)Nc2nnc(-c3ccc(C)cc3)o2)cc1. The van der Waals surface area contributed by atoms with Gasteiger partial charge in [-0.05, 0) is 48.9 Å². The van der Waals surface area contributed by atoms with E-state index in [1.54, 1.807) is 6.92 Å². The molecule has 0 aliphatic carbocycles. The predicted molar refractivity (Wildman–Crippen MR) is 129 cm³/mol. The first kappa shape index (κ1) is 23.3. The lowest BCUT2D eigenvalue weighted by atomic mass is 10.1. The van der Waals surface area contributed by atoms with Crippen LogP contribution in [0, 0.1) is 6.92 Å². The number of aryl methyl sites for hydroxylation is 1. The van der Waals surface area contributed by atoms with Gasteiger partial charge in [-0.3, -0.25) is 10.1 Å². The number of rotatable bonds is 8. The van der Waals surface area contributed by atoms with Crippen LogP contribution in [0.2, 0.25) is 0 Å². The van der Waals surface area contributed by atoms with E-state index >= 15 is 0 Å². The minimum absolute atomic E-state index is 0.0442. The van der Waals surface area contributed by atoms with E-state index in [2.05, 4.69) is 15.5 Å². The van der Waals surface area contributed by atoms with Crippen LogP contribution < -0.4 is 5.32 Å². The molecule has 8 nitrogen and oxygen atoms in total. The third kappa shape index (κ3) is 5.22. The third-order valence-corrected chi connectivity index (χ3v) is 7.19. The maximum absolute atomic E-state index is 13.1. The number of aromatic nitrogens is 2. The molecular formula is C25H24N4O4S. The van der Waals surface area contributed by atoms with Crippen molar-refractivity contribution in [2.75, 3.05) is 11.9 Å². The van der Waals surface area contributed by atoms with Crippen LogP contribution in [0.15, 0.2) is 88.2 Å². The van der Waals surface area contributed by atoms with Crippen molar-refractivity contribution in [3.05, 3.63) is 95.6 Å². The molecule has 0 aliphatic rings. The molecule has 0 atom stereocenters. The van der Waals surface area contributed by atoms with E-state index in [0.717, 1.165) is 16.7 Å². The lowest BCUT2D eigenvalue weighted by Gasteiger charge is -2.20. The Morgan fingerprint density at radius 3 is 2.26 bits per heavy atom. The second-order valence-corrected chi connectivity index (χ2v) is 9.61. The van der Waals surface area contributed by atoms with E-state index in [1.807, 2.05) is 61.5 Å². The van der Waals surface area contributed by atoms with Crippen molar-refractivity contribution in [2.24, 2.45) is 0 Å². The quantitative estimate of drug-likeness (QED) is 0.401. The third-order valence-electron chi connectivity index (χ3n) is 5.25. The number of anilines is 1. The van der Waals surface area contributed by atoms with Gasteiger partial charge in [0.15, 0.2) is 0 Å². The zero-order valence-electron chi connectivity index (χ0n) is 18.8. The summed E-state index contributed by atoms with van der Waals surface area (Å²) in [6.45, 7) is 4.35. The molecule has 3 aromatic carbocycles. The van der Waals surface area contributed by atoms with Gasteiger partial charge in [0, 0.05) is 24.2 Å². The molecule has 0 radical (unpaired) electrons. The Labute approximate surface area is 198 Å². The Morgan fingerprint density at radius 2 is 1.62 bits per heavy atom. The summed E-state index contributed by atoms with van der Waals surface area (Å²) in [6.07, 6.45) is 0. The highest BCUT2D eigenvalue weighted by Crippen LogP contribution is 2.22. The van der Waals surface area contributed by atoms with Crippen molar-refractivity contribution in [3.63, 3.8) is 0 Å². The van der Waals surface area contributed by atoms with Gasteiger partial charge in [0.1, 0.15) is 0 Å². The summed E-state index contributed by atoms with van der Waals surface area (Å²) in [7, 11) is -3.72. The topological polar surface area (TPSA) is 105 Å². The molecule has 0 spiro atoms. The molecule has 0 aliphatic heterocycles. The van der Waals surface area contributed by atoms with Crippen LogP contribution in [0.3, 0.4) is 0 Å². The van der Waals surface area contributed by atoms with Crippen LogP contribution >= 0.6 is 0 Å². The molecule has 0 saturated heterocycles. The van der Waals surface area contributed by atoms with Crippen LogP contribution in [0.5, 0.6) is 0 Å². The average molecular weight is 477 g/mol. The minimum Gasteiger partial charge on any atom is -0.403 e. The normalized spacial score (nSPS) is 11.5. The van der Waals surface area contributed by atoms with Crippen LogP contribution in [-0.2, 0) is 16.6 Å². The monoisotopic (exact) mass is 476 g/mol. The van der Waals surface area contributed by atoms with Crippen LogP contribution in [0.4, 0.5) is 6.01 Å². The molecule has 1 heterocycles. The summed E-state index contributed by atoms with van der Waals surface area (Å²) in [5, 5.41) is 10.4. The van der Waals surface area contributed by atoms with E-state index in [9.17, 15) is 13.2 Å². The van der Waals surface area contributed by atoms with Crippen LogP contribution in [0.25, 0.3) is 11.5 Å². The Balaban J connectivity index is 1.45. The lowest BCUT2D eigenvalue weighted by molar-refractivity contribution is 0.102. The molecule has 0 unspecified atom stereocenters. The highest BCUT2D eigenvalue weighted by molar-refractivity contribution is 7.89. The number of hydrogen-bond donors (Lipinski definition) is 1. The summed E-state index contributed by atoms with van der Waals surface area (Å²) in [6, 6.07) is 22.6. The van der Waals surface area contributed by atoms with Crippen LogP contribution in [0.1, 0.15) is 28.4 Å². The van der Waals surface area contributed by atoms with Crippen molar-refractivity contribution in [1.29, 1.82) is 0 Å². The molecule has 34 heavy (non-hydrogen) atoms. The van der Waals surface area contributed by atoms with Crippen molar-refractivity contribution in [2.45, 2.75) is 25.3 Å². The Morgan fingerprint density at radius 1 is 0.941 bits per heavy atom. The van der Waals surface area contributed by atoms with Gasteiger partial charge < -0.3 is 4.42 Å². The van der Waals surface area contributed by atoms with Gasteiger partial charge in [0.05, 0.1) is 4.90 Å². The van der Waals surface area contributed by atoms with Gasteiger partial charge in [-0.15, -0.1) is 5.10 Å². The van der Waals surface area contributed by atoms with Gasteiger partial charge in [-0.25, -0.2) is 8.42 Å². The fourth-order valence-corrected chi connectivity index (χ4v) is 4.77. The zero-order chi connectivity index (χ0) is 24.1. The summed E-state index contributed by atoms with van der Waals surface area (Å²) in [5.41, 5.74) is 3.00. The number of carbonyl (C=O) groups excluding carboxylic acids is 1.